The second-order valence-electron chi connectivity index (χ2n) is 8.70. The molecule has 5 heteroatoms. The molecule has 6 rings (SSSR count). The molecule has 3 aliphatic rings. The fourth-order valence-corrected chi connectivity index (χ4v) is 5.58. The normalized spacial score (nSPS) is 21.5. The van der Waals surface area contributed by atoms with E-state index in [0.717, 1.165) is 71.7 Å². The third kappa shape index (κ3) is 3.04. The van der Waals surface area contributed by atoms with Gasteiger partial charge >= 0.3 is 0 Å². The van der Waals surface area contributed by atoms with Crippen LogP contribution >= 0.6 is 11.6 Å². The lowest BCUT2D eigenvalue weighted by Gasteiger charge is -2.44. The highest BCUT2D eigenvalue weighted by Crippen LogP contribution is 2.51. The van der Waals surface area contributed by atoms with Crippen molar-refractivity contribution in [3.8, 4) is 17.2 Å². The van der Waals surface area contributed by atoms with Gasteiger partial charge in [-0.1, -0.05) is 48.0 Å². The van der Waals surface area contributed by atoms with Crippen molar-refractivity contribution in [2.75, 3.05) is 24.6 Å². The fraction of sp³-hybridized carbons (Fsp3) is 0.308. The molecule has 2 saturated heterocycles. The van der Waals surface area contributed by atoms with Crippen molar-refractivity contribution >= 4 is 28.2 Å². The molecule has 4 nitrogen and oxygen atoms in total. The van der Waals surface area contributed by atoms with Gasteiger partial charge in [0.15, 0.2) is 0 Å². The zero-order chi connectivity index (χ0) is 21.0. The van der Waals surface area contributed by atoms with Gasteiger partial charge < -0.3 is 9.64 Å². The van der Waals surface area contributed by atoms with Gasteiger partial charge in [0, 0.05) is 36.6 Å². The molecule has 3 heterocycles. The van der Waals surface area contributed by atoms with Gasteiger partial charge in [-0.25, -0.2) is 0 Å². The molecule has 0 saturated carbocycles. The average Bonchev–Trinajstić information content (AvgIpc) is 3.62. The van der Waals surface area contributed by atoms with E-state index in [1.54, 1.807) is 0 Å². The standard InChI is InChI=1S/C26H22ClN3O/c27-24-21-3-1-2-20(18-6-4-17(15-28)5-7-18)25(21)29-16-23(24)30-11-9-26(10-12-30)22-14-19(22)8-13-31-26/h1-7,14,16,19H,8-13H2. The van der Waals surface area contributed by atoms with Crippen molar-refractivity contribution in [2.24, 2.45) is 5.92 Å². The molecule has 1 aromatic heterocycles. The van der Waals surface area contributed by atoms with E-state index >= 15 is 0 Å². The predicted molar refractivity (Wildman–Crippen MR) is 123 cm³/mol. The first kappa shape index (κ1) is 18.9. The molecule has 2 fully saturated rings. The van der Waals surface area contributed by atoms with Gasteiger partial charge in [0.2, 0.25) is 0 Å². The Morgan fingerprint density at radius 1 is 1.13 bits per heavy atom. The number of hydrogen-bond donors (Lipinski definition) is 0. The lowest BCUT2D eigenvalue weighted by atomic mass is 9.84. The number of aromatic nitrogens is 1. The number of rotatable bonds is 2. The van der Waals surface area contributed by atoms with Crippen molar-refractivity contribution in [2.45, 2.75) is 24.9 Å². The molecule has 31 heavy (non-hydrogen) atoms. The SMILES string of the molecule is N#Cc1ccc(-c2cccc3c(Cl)c(N4CCC5(CC4)OCCC4C=C45)cnc23)cc1. The maximum absolute atomic E-state index is 9.06. The highest BCUT2D eigenvalue weighted by Gasteiger charge is 2.49. The highest BCUT2D eigenvalue weighted by molar-refractivity contribution is 6.38. The van der Waals surface area contributed by atoms with Crippen LogP contribution in [0.3, 0.4) is 0 Å². The summed E-state index contributed by atoms with van der Waals surface area (Å²) in [5.41, 5.74) is 6.09. The predicted octanol–water partition coefficient (Wildman–Crippen LogP) is 5.74. The van der Waals surface area contributed by atoms with Crippen LogP contribution < -0.4 is 4.90 Å². The zero-order valence-electron chi connectivity index (χ0n) is 17.1. The number of ether oxygens (including phenoxy) is 1. The minimum Gasteiger partial charge on any atom is -0.370 e. The van der Waals surface area contributed by atoms with Gasteiger partial charge in [-0.15, -0.1) is 0 Å². The van der Waals surface area contributed by atoms with Crippen molar-refractivity contribution in [1.82, 2.24) is 4.98 Å². The summed E-state index contributed by atoms with van der Waals surface area (Å²) in [6, 6.07) is 15.9. The van der Waals surface area contributed by atoms with Crippen LogP contribution in [-0.2, 0) is 4.74 Å². The highest BCUT2D eigenvalue weighted by atomic mass is 35.5. The van der Waals surface area contributed by atoms with Gasteiger partial charge in [-0.2, -0.15) is 5.26 Å². The number of benzene rings is 2. The number of nitrogens with zero attached hydrogens (tertiary/aromatic N) is 3. The first-order valence-corrected chi connectivity index (χ1v) is 11.3. The maximum atomic E-state index is 9.06. The lowest BCUT2D eigenvalue weighted by molar-refractivity contribution is -0.0507. The topological polar surface area (TPSA) is 49.2 Å². The van der Waals surface area contributed by atoms with Crippen LogP contribution in [0.15, 0.2) is 60.3 Å². The quantitative estimate of drug-likeness (QED) is 0.489. The number of fused-ring (bicyclic) bond motifs is 3. The summed E-state index contributed by atoms with van der Waals surface area (Å²) in [5, 5.41) is 10.8. The van der Waals surface area contributed by atoms with Crippen molar-refractivity contribution in [3.05, 3.63) is 70.9 Å². The first-order valence-electron chi connectivity index (χ1n) is 10.9. The monoisotopic (exact) mass is 427 g/mol. The molecule has 0 amide bonds. The Kier molecular flexibility index (Phi) is 4.31. The average molecular weight is 428 g/mol. The molecule has 2 aromatic carbocycles. The van der Waals surface area contributed by atoms with Gasteiger partial charge in [0.05, 0.1) is 39.7 Å². The largest absolute Gasteiger partial charge is 0.370 e. The Hall–Kier alpha value is -2.87. The van der Waals surface area contributed by atoms with Crippen LogP contribution in [0.2, 0.25) is 5.02 Å². The summed E-state index contributed by atoms with van der Waals surface area (Å²) in [6.45, 7) is 2.72. The maximum Gasteiger partial charge on any atom is 0.0991 e. The molecule has 0 N–H and O–H groups in total. The molecule has 1 spiro atoms. The van der Waals surface area contributed by atoms with E-state index in [1.165, 1.54) is 5.57 Å². The van der Waals surface area contributed by atoms with Crippen LogP contribution in [0.5, 0.6) is 0 Å². The number of piperidine rings is 1. The fourth-order valence-electron chi connectivity index (χ4n) is 5.26. The molecular weight excluding hydrogens is 406 g/mol. The van der Waals surface area contributed by atoms with Crippen LogP contribution in [0.25, 0.3) is 22.0 Å². The number of hydrogen-bond acceptors (Lipinski definition) is 4. The van der Waals surface area contributed by atoms with E-state index in [4.69, 9.17) is 26.6 Å². The Bertz CT molecular complexity index is 1250. The van der Waals surface area contributed by atoms with Crippen LogP contribution in [0.1, 0.15) is 24.8 Å². The Labute approximate surface area is 186 Å². The first-order chi connectivity index (χ1) is 15.2. The van der Waals surface area contributed by atoms with Crippen LogP contribution in [-0.4, -0.2) is 30.3 Å². The number of pyridine rings is 1. The van der Waals surface area contributed by atoms with Crippen LogP contribution in [0.4, 0.5) is 5.69 Å². The van der Waals surface area contributed by atoms with E-state index in [1.807, 2.05) is 42.6 Å². The molecule has 1 aliphatic carbocycles. The number of allylic oxidation sites excluding steroid dienone is 1. The summed E-state index contributed by atoms with van der Waals surface area (Å²) >= 11 is 6.93. The minimum absolute atomic E-state index is 0.0288. The summed E-state index contributed by atoms with van der Waals surface area (Å²) in [5.74, 6) is 0.701. The van der Waals surface area contributed by atoms with Crippen LogP contribution in [0, 0.1) is 17.2 Å². The summed E-state index contributed by atoms with van der Waals surface area (Å²) in [6.07, 6.45) is 7.49. The van der Waals surface area contributed by atoms with E-state index < -0.39 is 0 Å². The molecule has 2 aliphatic heterocycles. The second kappa shape index (κ2) is 7.09. The van der Waals surface area contributed by atoms with E-state index in [0.29, 0.717) is 11.5 Å². The second-order valence-corrected chi connectivity index (χ2v) is 9.07. The number of halogens is 1. The van der Waals surface area contributed by atoms with E-state index in [2.05, 4.69) is 23.1 Å². The van der Waals surface area contributed by atoms with E-state index in [-0.39, 0.29) is 5.60 Å². The molecular formula is C26H22ClN3O. The number of anilines is 1. The Balaban J connectivity index is 1.31. The molecule has 3 aromatic rings. The zero-order valence-corrected chi connectivity index (χ0v) is 17.9. The summed E-state index contributed by atoms with van der Waals surface area (Å²) in [7, 11) is 0. The lowest BCUT2D eigenvalue weighted by Crippen LogP contribution is -2.48. The van der Waals surface area contributed by atoms with Gasteiger partial charge in [-0.3, -0.25) is 4.98 Å². The number of nitriles is 1. The third-order valence-corrected chi connectivity index (χ3v) is 7.45. The third-order valence-electron chi connectivity index (χ3n) is 7.05. The molecule has 0 bridgehead atoms. The molecule has 154 valence electrons. The Morgan fingerprint density at radius 2 is 1.94 bits per heavy atom. The smallest absolute Gasteiger partial charge is 0.0991 e. The molecule has 0 radical (unpaired) electrons. The van der Waals surface area contributed by atoms with Crippen molar-refractivity contribution in [3.63, 3.8) is 0 Å². The molecule has 1 atom stereocenters. The van der Waals surface area contributed by atoms with Gasteiger partial charge in [0.1, 0.15) is 0 Å². The van der Waals surface area contributed by atoms with Gasteiger partial charge in [-0.05, 0) is 42.5 Å². The molecule has 1 unspecified atom stereocenters. The van der Waals surface area contributed by atoms with Gasteiger partial charge in [0.25, 0.3) is 0 Å². The van der Waals surface area contributed by atoms with E-state index in [9.17, 15) is 0 Å². The number of para-hydroxylation sites is 1. The Morgan fingerprint density at radius 3 is 2.71 bits per heavy atom. The minimum atomic E-state index is -0.0288. The van der Waals surface area contributed by atoms with Crippen molar-refractivity contribution in [1.29, 1.82) is 5.26 Å². The van der Waals surface area contributed by atoms with Crippen molar-refractivity contribution < 1.29 is 4.74 Å². The summed E-state index contributed by atoms with van der Waals surface area (Å²) in [4.78, 5) is 7.18. The summed E-state index contributed by atoms with van der Waals surface area (Å²) < 4.78 is 6.26.